The molecule has 14 nitrogen and oxygen atoms in total. The number of phosphoric acid groups is 1. The Morgan fingerprint density at radius 3 is 1.65 bits per heavy atom. The van der Waals surface area contributed by atoms with E-state index in [4.69, 9.17) is 18.5 Å². The molecule has 0 spiro atoms. The molecule has 1 aliphatic carbocycles. The van der Waals surface area contributed by atoms with Crippen molar-refractivity contribution in [3.63, 3.8) is 0 Å². The van der Waals surface area contributed by atoms with Gasteiger partial charge in [0.15, 0.2) is 11.9 Å². The maximum absolute atomic E-state index is 12.8. The smallest absolute Gasteiger partial charge is 0.462 e. The third-order valence-electron chi connectivity index (χ3n) is 10.1. The lowest BCUT2D eigenvalue weighted by molar-refractivity contribution is -0.220. The van der Waals surface area contributed by atoms with Gasteiger partial charge in [0.25, 0.3) is 0 Å². The van der Waals surface area contributed by atoms with Crippen molar-refractivity contribution in [2.75, 3.05) is 13.2 Å². The molecule has 0 saturated heterocycles. The van der Waals surface area contributed by atoms with Crippen LogP contribution in [0.2, 0.25) is 0 Å². The minimum absolute atomic E-state index is 0.0651. The Hall–Kier alpha value is -2.52. The van der Waals surface area contributed by atoms with E-state index in [-0.39, 0.29) is 18.6 Å². The molecule has 3 unspecified atom stereocenters. The molecule has 0 aliphatic heterocycles. The molecular formula is C45H77O14P. The van der Waals surface area contributed by atoms with Crippen LogP contribution in [0.5, 0.6) is 0 Å². The second-order valence-electron chi connectivity index (χ2n) is 15.6. The van der Waals surface area contributed by atoms with E-state index in [2.05, 4.69) is 13.8 Å². The topological polar surface area (TPSA) is 227 Å². The highest BCUT2D eigenvalue weighted by Crippen LogP contribution is 2.47. The average molecular weight is 873 g/mol. The number of ether oxygens (including phenoxy) is 2. The molecule has 1 saturated carbocycles. The minimum atomic E-state index is -5.14. The van der Waals surface area contributed by atoms with Crippen LogP contribution in [-0.2, 0) is 37.5 Å². The molecule has 1 rings (SSSR count). The lowest BCUT2D eigenvalue weighted by Gasteiger charge is -2.41. The van der Waals surface area contributed by atoms with Crippen molar-refractivity contribution in [1.82, 2.24) is 0 Å². The van der Waals surface area contributed by atoms with E-state index < -0.39 is 75.7 Å². The van der Waals surface area contributed by atoms with Crippen LogP contribution < -0.4 is 0 Å². The Kier molecular flexibility index (Phi) is 32.4. The highest BCUT2D eigenvalue weighted by molar-refractivity contribution is 7.47. The molecule has 60 heavy (non-hydrogen) atoms. The van der Waals surface area contributed by atoms with E-state index in [0.29, 0.717) is 25.7 Å². The number of phosphoric ester groups is 1. The minimum Gasteiger partial charge on any atom is -0.462 e. The number of hydrogen-bond donors (Lipinski definition) is 6. The number of aliphatic hydroxyl groups is 5. The summed E-state index contributed by atoms with van der Waals surface area (Å²) in [5.41, 5.74) is 0. The second-order valence-corrected chi connectivity index (χ2v) is 17.0. The van der Waals surface area contributed by atoms with Gasteiger partial charge in [0.1, 0.15) is 43.2 Å². The van der Waals surface area contributed by atoms with E-state index in [1.807, 2.05) is 36.5 Å². The molecule has 0 radical (unpaired) electrons. The fourth-order valence-corrected chi connectivity index (χ4v) is 7.44. The number of hydrogen-bond acceptors (Lipinski definition) is 13. The number of esters is 2. The van der Waals surface area contributed by atoms with Crippen LogP contribution in [0.4, 0.5) is 0 Å². The lowest BCUT2D eigenvalue weighted by Crippen LogP contribution is -2.64. The molecule has 1 aliphatic rings. The molecule has 0 aromatic heterocycles. The SMILES string of the molecule is CCCCCCCCCCCCCCCC(=O)O[C@H](COC(=O)CCC/C=C\C/C=C\C/C=C\C=C\C(=O)CCCCC)COP(=O)(O)OC1[C@H](O)[C@H](O)C(O)[C@H](O)[C@H]1O. The Bertz CT molecular complexity index is 1300. The molecule has 0 amide bonds. The van der Waals surface area contributed by atoms with E-state index in [0.717, 1.165) is 57.8 Å². The number of carbonyl (C=O) groups excluding carboxylic acids is 3. The summed E-state index contributed by atoms with van der Waals surface area (Å²) in [7, 11) is -5.14. The first-order valence-corrected chi connectivity index (χ1v) is 23.9. The Morgan fingerprint density at radius 1 is 0.567 bits per heavy atom. The van der Waals surface area contributed by atoms with Gasteiger partial charge in [-0.1, -0.05) is 146 Å². The molecule has 6 N–H and O–H groups in total. The maximum atomic E-state index is 12.8. The maximum Gasteiger partial charge on any atom is 0.472 e. The van der Waals surface area contributed by atoms with Gasteiger partial charge >= 0.3 is 19.8 Å². The molecule has 0 aromatic rings. The highest BCUT2D eigenvalue weighted by Gasteiger charge is 2.51. The molecule has 8 atom stereocenters. The van der Waals surface area contributed by atoms with Gasteiger partial charge in [0, 0.05) is 19.3 Å². The summed E-state index contributed by atoms with van der Waals surface area (Å²) in [5, 5.41) is 50.1. The Labute approximate surface area is 358 Å². The van der Waals surface area contributed by atoms with Gasteiger partial charge in [0.05, 0.1) is 6.61 Å². The average Bonchev–Trinajstić information content (AvgIpc) is 3.22. The van der Waals surface area contributed by atoms with Gasteiger partial charge in [-0.25, -0.2) is 4.57 Å². The molecule has 0 aromatic carbocycles. The van der Waals surface area contributed by atoms with Crippen LogP contribution in [0.1, 0.15) is 162 Å². The predicted octanol–water partition coefficient (Wildman–Crippen LogP) is 7.57. The van der Waals surface area contributed by atoms with Crippen LogP contribution >= 0.6 is 7.82 Å². The van der Waals surface area contributed by atoms with Gasteiger partial charge < -0.3 is 39.9 Å². The van der Waals surface area contributed by atoms with Gasteiger partial charge in [0.2, 0.25) is 0 Å². The summed E-state index contributed by atoms with van der Waals surface area (Å²) in [6.07, 6.45) is 23.0. The van der Waals surface area contributed by atoms with E-state index in [1.54, 1.807) is 12.2 Å². The van der Waals surface area contributed by atoms with E-state index >= 15 is 0 Å². The number of aliphatic hydroxyl groups excluding tert-OH is 5. The van der Waals surface area contributed by atoms with Crippen LogP contribution in [0.25, 0.3) is 0 Å². The summed E-state index contributed by atoms with van der Waals surface area (Å²) in [6, 6.07) is 0. The first-order chi connectivity index (χ1) is 28.8. The van der Waals surface area contributed by atoms with E-state index in [1.165, 1.54) is 51.4 Å². The fourth-order valence-electron chi connectivity index (χ4n) is 6.47. The van der Waals surface area contributed by atoms with Crippen LogP contribution in [0.15, 0.2) is 48.6 Å². The third kappa shape index (κ3) is 27.4. The first kappa shape index (κ1) is 55.5. The van der Waals surface area contributed by atoms with Crippen molar-refractivity contribution in [2.45, 2.75) is 204 Å². The fraction of sp³-hybridized carbons (Fsp3) is 0.756. The quantitative estimate of drug-likeness (QED) is 0.00892. The van der Waals surface area contributed by atoms with Gasteiger partial charge in [-0.2, -0.15) is 0 Å². The van der Waals surface area contributed by atoms with E-state index in [9.17, 15) is 49.4 Å². The molecular weight excluding hydrogens is 795 g/mol. The third-order valence-corrected chi connectivity index (χ3v) is 11.1. The number of carbonyl (C=O) groups is 3. The second kappa shape index (κ2) is 35.0. The highest BCUT2D eigenvalue weighted by atomic mass is 31.2. The van der Waals surface area contributed by atoms with Crippen molar-refractivity contribution < 1.29 is 67.9 Å². The predicted molar refractivity (Wildman–Crippen MR) is 231 cm³/mol. The molecule has 1 fully saturated rings. The first-order valence-electron chi connectivity index (χ1n) is 22.4. The molecule has 15 heteroatoms. The van der Waals surface area contributed by atoms with Gasteiger partial charge in [-0.15, -0.1) is 0 Å². The zero-order valence-electron chi connectivity index (χ0n) is 36.2. The molecule has 0 heterocycles. The summed E-state index contributed by atoms with van der Waals surface area (Å²) in [5.74, 6) is -1.06. The van der Waals surface area contributed by atoms with Crippen LogP contribution in [0, 0.1) is 0 Å². The summed E-state index contributed by atoms with van der Waals surface area (Å²) in [6.45, 7) is 3.07. The summed E-state index contributed by atoms with van der Waals surface area (Å²) < 4.78 is 33.4. The van der Waals surface area contributed by atoms with Crippen molar-refractivity contribution in [3.05, 3.63) is 48.6 Å². The Balaban J connectivity index is 2.53. The number of rotatable bonds is 36. The lowest BCUT2D eigenvalue weighted by atomic mass is 9.85. The van der Waals surface area contributed by atoms with Crippen molar-refractivity contribution >= 4 is 25.5 Å². The summed E-state index contributed by atoms with van der Waals surface area (Å²) in [4.78, 5) is 47.3. The van der Waals surface area contributed by atoms with Gasteiger partial charge in [-0.3, -0.25) is 23.4 Å². The van der Waals surface area contributed by atoms with Crippen LogP contribution in [0.3, 0.4) is 0 Å². The Morgan fingerprint density at radius 2 is 1.05 bits per heavy atom. The number of unbranched alkanes of at least 4 members (excludes halogenated alkanes) is 15. The van der Waals surface area contributed by atoms with Gasteiger partial charge in [-0.05, 0) is 44.6 Å². The van der Waals surface area contributed by atoms with Crippen molar-refractivity contribution in [1.29, 1.82) is 0 Å². The number of allylic oxidation sites excluding steroid dienone is 8. The summed E-state index contributed by atoms with van der Waals surface area (Å²) >= 11 is 0. The molecule has 0 bridgehead atoms. The van der Waals surface area contributed by atoms with Crippen molar-refractivity contribution in [3.8, 4) is 0 Å². The van der Waals surface area contributed by atoms with Crippen molar-refractivity contribution in [2.24, 2.45) is 0 Å². The van der Waals surface area contributed by atoms with Crippen LogP contribution in [-0.4, -0.2) is 104 Å². The normalized spacial score (nSPS) is 22.5. The molecule has 346 valence electrons. The largest absolute Gasteiger partial charge is 0.472 e. The number of ketones is 1. The monoisotopic (exact) mass is 873 g/mol. The standard InChI is InChI=1S/C45H77O14P/c1-3-5-7-8-9-10-11-12-15-19-22-25-29-33-39(48)58-37(35-57-60(54,55)59-45-43(52)41(50)40(49)42(51)44(45)53)34-56-38(47)32-28-24-21-18-16-13-14-17-20-23-27-31-36(46)30-26-6-4-2/h13-14,18,20-21,23,27,31,37,40-45,49-53H,3-12,15-17,19,22,24-26,28-30,32-35H2,1-2H3,(H,54,55)/b14-13-,21-18-,23-20-,31-27+/t37-,40?,41-,42+,43-,44-,45?/m1/s1. The zero-order chi connectivity index (χ0) is 44.4. The zero-order valence-corrected chi connectivity index (χ0v) is 37.1.